The fourth-order valence-electron chi connectivity index (χ4n) is 1.84. The van der Waals surface area contributed by atoms with Crippen molar-refractivity contribution >= 4 is 27.9 Å². The van der Waals surface area contributed by atoms with Gasteiger partial charge >= 0.3 is 0 Å². The molecule has 0 unspecified atom stereocenters. The molecular formula is C11H12N2O4S. The van der Waals surface area contributed by atoms with Crippen LogP contribution in [0, 0.1) is 0 Å². The van der Waals surface area contributed by atoms with Crippen molar-refractivity contribution in [2.24, 2.45) is 0 Å². The third kappa shape index (κ3) is 2.14. The summed E-state index contributed by atoms with van der Waals surface area (Å²) in [6, 6.07) is 4.47. The number of fused-ring (bicyclic) bond motifs is 1. The molecule has 18 heavy (non-hydrogen) atoms. The van der Waals surface area contributed by atoms with Gasteiger partial charge in [-0.1, -0.05) is 0 Å². The van der Waals surface area contributed by atoms with Gasteiger partial charge in [0.25, 0.3) is 0 Å². The number of anilines is 1. The van der Waals surface area contributed by atoms with Gasteiger partial charge < -0.3 is 9.69 Å². The molecule has 1 aliphatic heterocycles. The van der Waals surface area contributed by atoms with E-state index in [1.165, 1.54) is 17.0 Å². The van der Waals surface area contributed by atoms with E-state index in [4.69, 9.17) is 0 Å². The summed E-state index contributed by atoms with van der Waals surface area (Å²) >= 11 is 0. The number of hydrogen-bond acceptors (Lipinski definition) is 4. The molecule has 1 amide bonds. The fraction of sp³-hybridized carbons (Fsp3) is 0.273. The first-order chi connectivity index (χ1) is 8.45. The number of carbonyl (C=O) groups excluding carboxylic acids is 2. The SMILES string of the molecule is CN1C(=O)Cc2cc(S(=O)(=O)NCC=O)ccc21. The molecular weight excluding hydrogens is 256 g/mol. The van der Waals surface area contributed by atoms with Crippen molar-refractivity contribution in [3.8, 4) is 0 Å². The lowest BCUT2D eigenvalue weighted by Crippen LogP contribution is -2.25. The molecule has 0 bridgehead atoms. The van der Waals surface area contributed by atoms with Crippen molar-refractivity contribution in [3.05, 3.63) is 23.8 Å². The van der Waals surface area contributed by atoms with Gasteiger partial charge in [-0.05, 0) is 23.8 Å². The third-order valence-electron chi connectivity index (χ3n) is 2.80. The number of benzene rings is 1. The van der Waals surface area contributed by atoms with Crippen LogP contribution in [0.5, 0.6) is 0 Å². The van der Waals surface area contributed by atoms with Crippen molar-refractivity contribution < 1.29 is 18.0 Å². The number of rotatable bonds is 4. The minimum absolute atomic E-state index is 0.0613. The van der Waals surface area contributed by atoms with Crippen LogP contribution in [-0.4, -0.2) is 34.2 Å². The molecule has 0 saturated carbocycles. The number of aldehydes is 1. The molecule has 0 aliphatic carbocycles. The fourth-order valence-corrected chi connectivity index (χ4v) is 2.84. The largest absolute Gasteiger partial charge is 0.315 e. The molecule has 1 heterocycles. The van der Waals surface area contributed by atoms with E-state index in [0.29, 0.717) is 17.5 Å². The van der Waals surface area contributed by atoms with Gasteiger partial charge in [-0.3, -0.25) is 4.79 Å². The summed E-state index contributed by atoms with van der Waals surface area (Å²) < 4.78 is 25.7. The molecule has 0 radical (unpaired) electrons. The highest BCUT2D eigenvalue weighted by molar-refractivity contribution is 7.89. The molecule has 0 spiro atoms. The average Bonchev–Trinajstić information content (AvgIpc) is 2.62. The van der Waals surface area contributed by atoms with Crippen LogP contribution < -0.4 is 9.62 Å². The third-order valence-corrected chi connectivity index (χ3v) is 4.22. The molecule has 0 aromatic heterocycles. The molecule has 1 N–H and O–H groups in total. The zero-order chi connectivity index (χ0) is 13.3. The molecule has 1 aromatic rings. The van der Waals surface area contributed by atoms with Crippen molar-refractivity contribution in [1.82, 2.24) is 4.72 Å². The monoisotopic (exact) mass is 268 g/mol. The molecule has 0 fully saturated rings. The van der Waals surface area contributed by atoms with Gasteiger partial charge in [0, 0.05) is 12.7 Å². The van der Waals surface area contributed by atoms with Crippen LogP contribution in [0.4, 0.5) is 5.69 Å². The Kier molecular flexibility index (Phi) is 3.18. The number of carbonyl (C=O) groups is 2. The first kappa shape index (κ1) is 12.7. The van der Waals surface area contributed by atoms with Crippen LogP contribution in [0.1, 0.15) is 5.56 Å². The van der Waals surface area contributed by atoms with Crippen LogP contribution in [0.3, 0.4) is 0 Å². The molecule has 2 rings (SSSR count). The van der Waals surface area contributed by atoms with Gasteiger partial charge in [-0.15, -0.1) is 0 Å². The summed E-state index contributed by atoms with van der Waals surface area (Å²) in [5.41, 5.74) is 1.39. The summed E-state index contributed by atoms with van der Waals surface area (Å²) in [5.74, 6) is -0.0691. The molecule has 6 nitrogen and oxygen atoms in total. The maximum atomic E-state index is 11.8. The second-order valence-electron chi connectivity index (χ2n) is 3.94. The minimum Gasteiger partial charge on any atom is -0.315 e. The van der Waals surface area contributed by atoms with Crippen LogP contribution in [0.15, 0.2) is 23.1 Å². The highest BCUT2D eigenvalue weighted by atomic mass is 32.2. The summed E-state index contributed by atoms with van der Waals surface area (Å²) in [4.78, 5) is 23.2. The maximum absolute atomic E-state index is 11.8. The van der Waals surface area contributed by atoms with Crippen LogP contribution in [0.25, 0.3) is 0 Å². The van der Waals surface area contributed by atoms with E-state index in [1.54, 1.807) is 13.1 Å². The summed E-state index contributed by atoms with van der Waals surface area (Å²) in [5, 5.41) is 0. The van der Waals surface area contributed by atoms with Gasteiger partial charge in [0.05, 0.1) is 17.9 Å². The zero-order valence-corrected chi connectivity index (χ0v) is 10.5. The van der Waals surface area contributed by atoms with Gasteiger partial charge in [0.2, 0.25) is 15.9 Å². The molecule has 0 atom stereocenters. The van der Waals surface area contributed by atoms with Crippen LogP contribution >= 0.6 is 0 Å². The predicted octanol–water partition coefficient (Wildman–Crippen LogP) is -0.317. The summed E-state index contributed by atoms with van der Waals surface area (Å²) in [6.07, 6.45) is 0.672. The standard InChI is InChI=1S/C11H12N2O4S/c1-13-10-3-2-9(6-8(10)7-11(13)15)18(16,17)12-4-5-14/h2-3,5-6,12H,4,7H2,1H3. The first-order valence-corrected chi connectivity index (χ1v) is 6.77. The number of nitrogens with zero attached hydrogens (tertiary/aromatic N) is 1. The van der Waals surface area contributed by atoms with Gasteiger partial charge in [-0.25, -0.2) is 13.1 Å². The van der Waals surface area contributed by atoms with Crippen molar-refractivity contribution in [2.75, 3.05) is 18.5 Å². The normalized spacial score (nSPS) is 14.7. The molecule has 1 aromatic carbocycles. The number of hydrogen-bond donors (Lipinski definition) is 1. The predicted molar refractivity (Wildman–Crippen MR) is 64.8 cm³/mol. The Hall–Kier alpha value is -1.73. The van der Waals surface area contributed by atoms with Crippen molar-refractivity contribution in [2.45, 2.75) is 11.3 Å². The number of amides is 1. The second kappa shape index (κ2) is 4.51. The number of nitrogens with one attached hydrogen (secondary N) is 1. The highest BCUT2D eigenvalue weighted by Crippen LogP contribution is 2.29. The maximum Gasteiger partial charge on any atom is 0.240 e. The van der Waals surface area contributed by atoms with E-state index >= 15 is 0 Å². The number of likely N-dealkylation sites (N-methyl/N-ethyl adjacent to an activating group) is 1. The molecule has 7 heteroatoms. The van der Waals surface area contributed by atoms with E-state index in [-0.39, 0.29) is 23.8 Å². The van der Waals surface area contributed by atoms with E-state index in [9.17, 15) is 18.0 Å². The summed E-state index contributed by atoms with van der Waals surface area (Å²) in [7, 11) is -2.04. The van der Waals surface area contributed by atoms with E-state index in [0.717, 1.165) is 0 Å². The lowest BCUT2D eigenvalue weighted by molar-refractivity contribution is -0.117. The summed E-state index contributed by atoms with van der Waals surface area (Å²) in [6.45, 7) is -0.266. The first-order valence-electron chi connectivity index (χ1n) is 5.28. The quantitative estimate of drug-likeness (QED) is 0.759. The van der Waals surface area contributed by atoms with E-state index in [2.05, 4.69) is 4.72 Å². The lowest BCUT2D eigenvalue weighted by atomic mass is 10.2. The Balaban J connectivity index is 2.37. The van der Waals surface area contributed by atoms with Crippen LogP contribution in [0.2, 0.25) is 0 Å². The second-order valence-corrected chi connectivity index (χ2v) is 5.71. The Bertz CT molecular complexity index is 609. The Labute approximate surface area is 105 Å². The topological polar surface area (TPSA) is 83.6 Å². The van der Waals surface area contributed by atoms with Crippen molar-refractivity contribution in [3.63, 3.8) is 0 Å². The molecule has 1 aliphatic rings. The minimum atomic E-state index is -3.69. The smallest absolute Gasteiger partial charge is 0.240 e. The van der Waals surface area contributed by atoms with Gasteiger partial charge in [0.15, 0.2) is 0 Å². The highest BCUT2D eigenvalue weighted by Gasteiger charge is 2.25. The number of sulfonamides is 1. The van der Waals surface area contributed by atoms with E-state index < -0.39 is 10.0 Å². The molecule has 0 saturated heterocycles. The van der Waals surface area contributed by atoms with Gasteiger partial charge in [0.1, 0.15) is 6.29 Å². The Morgan fingerprint density at radius 2 is 2.17 bits per heavy atom. The Morgan fingerprint density at radius 1 is 1.44 bits per heavy atom. The zero-order valence-electron chi connectivity index (χ0n) is 9.71. The van der Waals surface area contributed by atoms with Crippen molar-refractivity contribution in [1.29, 1.82) is 0 Å². The van der Waals surface area contributed by atoms with E-state index in [1.807, 2.05) is 0 Å². The van der Waals surface area contributed by atoms with Crippen LogP contribution in [-0.2, 0) is 26.0 Å². The van der Waals surface area contributed by atoms with Gasteiger partial charge in [-0.2, -0.15) is 0 Å². The average molecular weight is 268 g/mol. The molecule has 96 valence electrons. The lowest BCUT2D eigenvalue weighted by Gasteiger charge is -2.10. The Morgan fingerprint density at radius 3 is 2.83 bits per heavy atom.